The van der Waals surface area contributed by atoms with E-state index in [4.69, 9.17) is 0 Å². The van der Waals surface area contributed by atoms with E-state index in [2.05, 4.69) is 10.1 Å². The third-order valence-electron chi connectivity index (χ3n) is 2.24. The molecule has 0 aliphatic carbocycles. The summed E-state index contributed by atoms with van der Waals surface area (Å²) in [6, 6.07) is -0.968. The van der Waals surface area contributed by atoms with Gasteiger partial charge in [-0.3, -0.25) is 10.1 Å². The standard InChI is InChI=1S/C10H17F4NO2/c1-3-4-5-7(8(16)17-2)15-6-10(13,14)9(11)12/h7,9,15H,3-6H2,1-2H3. The van der Waals surface area contributed by atoms with Gasteiger partial charge in [-0.05, 0) is 6.42 Å². The Labute approximate surface area is 97.5 Å². The van der Waals surface area contributed by atoms with E-state index >= 15 is 0 Å². The Morgan fingerprint density at radius 3 is 2.41 bits per heavy atom. The number of hydrogen-bond donors (Lipinski definition) is 1. The predicted molar refractivity (Wildman–Crippen MR) is 54.3 cm³/mol. The molecule has 0 radical (unpaired) electrons. The predicted octanol–water partition coefficient (Wildman–Crippen LogP) is 2.21. The van der Waals surface area contributed by atoms with Gasteiger partial charge in [-0.15, -0.1) is 0 Å². The Morgan fingerprint density at radius 1 is 1.41 bits per heavy atom. The maximum atomic E-state index is 12.6. The SMILES string of the molecule is CCCCC(NCC(F)(F)C(F)F)C(=O)OC. The molecule has 0 spiro atoms. The smallest absolute Gasteiger partial charge is 0.322 e. The minimum atomic E-state index is -4.14. The molecule has 0 aliphatic heterocycles. The molecular weight excluding hydrogens is 242 g/mol. The fraction of sp³-hybridized carbons (Fsp3) is 0.900. The second kappa shape index (κ2) is 7.47. The summed E-state index contributed by atoms with van der Waals surface area (Å²) >= 11 is 0. The maximum absolute atomic E-state index is 12.6. The van der Waals surface area contributed by atoms with Crippen LogP contribution in [0.25, 0.3) is 0 Å². The van der Waals surface area contributed by atoms with Gasteiger partial charge in [-0.1, -0.05) is 19.8 Å². The van der Waals surface area contributed by atoms with Crippen molar-refractivity contribution < 1.29 is 27.1 Å². The van der Waals surface area contributed by atoms with E-state index in [0.717, 1.165) is 13.5 Å². The van der Waals surface area contributed by atoms with Gasteiger partial charge in [-0.25, -0.2) is 8.78 Å². The first-order valence-corrected chi connectivity index (χ1v) is 5.32. The summed E-state index contributed by atoms with van der Waals surface area (Å²) in [6.07, 6.45) is -2.09. The average molecular weight is 259 g/mol. The number of rotatable bonds is 8. The Kier molecular flexibility index (Phi) is 7.10. The van der Waals surface area contributed by atoms with Gasteiger partial charge in [0.15, 0.2) is 0 Å². The van der Waals surface area contributed by atoms with Crippen LogP contribution < -0.4 is 5.32 Å². The molecule has 0 amide bonds. The third-order valence-corrected chi connectivity index (χ3v) is 2.24. The molecule has 0 aromatic heterocycles. The number of carbonyl (C=O) groups excluding carboxylic acids is 1. The van der Waals surface area contributed by atoms with Gasteiger partial charge in [0, 0.05) is 0 Å². The van der Waals surface area contributed by atoms with Crippen molar-refractivity contribution in [3.8, 4) is 0 Å². The number of methoxy groups -OCH3 is 1. The molecule has 1 atom stereocenters. The van der Waals surface area contributed by atoms with Crippen molar-refractivity contribution in [3.05, 3.63) is 0 Å². The first-order valence-electron chi connectivity index (χ1n) is 5.32. The van der Waals surface area contributed by atoms with Crippen LogP contribution in [0.4, 0.5) is 17.6 Å². The highest BCUT2D eigenvalue weighted by Gasteiger charge is 2.41. The summed E-state index contributed by atoms with van der Waals surface area (Å²) in [7, 11) is 1.12. The Balaban J connectivity index is 4.29. The highest BCUT2D eigenvalue weighted by molar-refractivity contribution is 5.75. The molecule has 0 fully saturated rings. The van der Waals surface area contributed by atoms with Crippen LogP contribution in [0.3, 0.4) is 0 Å². The van der Waals surface area contributed by atoms with Gasteiger partial charge in [-0.2, -0.15) is 8.78 Å². The first-order chi connectivity index (χ1) is 7.85. The topological polar surface area (TPSA) is 38.3 Å². The minimum Gasteiger partial charge on any atom is -0.468 e. The number of hydrogen-bond acceptors (Lipinski definition) is 3. The summed E-state index contributed by atoms with van der Waals surface area (Å²) < 4.78 is 53.4. The van der Waals surface area contributed by atoms with E-state index in [1.54, 1.807) is 0 Å². The van der Waals surface area contributed by atoms with Crippen molar-refractivity contribution in [1.82, 2.24) is 5.32 Å². The number of esters is 1. The van der Waals surface area contributed by atoms with E-state index in [9.17, 15) is 22.4 Å². The van der Waals surface area contributed by atoms with Crippen LogP contribution in [0.5, 0.6) is 0 Å². The highest BCUT2D eigenvalue weighted by Crippen LogP contribution is 2.21. The maximum Gasteiger partial charge on any atom is 0.322 e. The lowest BCUT2D eigenvalue weighted by atomic mass is 10.1. The quantitative estimate of drug-likeness (QED) is 0.536. The molecule has 0 bridgehead atoms. The van der Waals surface area contributed by atoms with Crippen molar-refractivity contribution in [1.29, 1.82) is 0 Å². The van der Waals surface area contributed by atoms with Crippen LogP contribution in [0.15, 0.2) is 0 Å². The van der Waals surface area contributed by atoms with Crippen molar-refractivity contribution in [2.24, 2.45) is 0 Å². The molecule has 0 rings (SSSR count). The number of halogens is 4. The summed E-state index contributed by atoms with van der Waals surface area (Å²) in [5, 5.41) is 2.12. The third kappa shape index (κ3) is 5.86. The molecule has 1 N–H and O–H groups in total. The molecule has 1 unspecified atom stereocenters. The summed E-state index contributed by atoms with van der Waals surface area (Å²) in [4.78, 5) is 11.2. The van der Waals surface area contributed by atoms with Crippen LogP contribution in [0, 0.1) is 0 Å². The average Bonchev–Trinajstić information content (AvgIpc) is 2.28. The van der Waals surface area contributed by atoms with Crippen molar-refractivity contribution in [2.75, 3.05) is 13.7 Å². The van der Waals surface area contributed by atoms with Crippen LogP contribution in [0.2, 0.25) is 0 Å². The molecular formula is C10H17F4NO2. The van der Waals surface area contributed by atoms with Gasteiger partial charge in [0.25, 0.3) is 0 Å². The fourth-order valence-corrected chi connectivity index (χ4v) is 1.19. The van der Waals surface area contributed by atoms with Crippen LogP contribution >= 0.6 is 0 Å². The zero-order chi connectivity index (χ0) is 13.5. The number of carbonyl (C=O) groups is 1. The monoisotopic (exact) mass is 259 g/mol. The molecule has 3 nitrogen and oxygen atoms in total. The lowest BCUT2D eigenvalue weighted by molar-refractivity contribution is -0.146. The molecule has 0 heterocycles. The van der Waals surface area contributed by atoms with Gasteiger partial charge in [0.05, 0.1) is 13.7 Å². The zero-order valence-electron chi connectivity index (χ0n) is 9.81. The van der Waals surface area contributed by atoms with E-state index in [-0.39, 0.29) is 6.42 Å². The Morgan fingerprint density at radius 2 is 2.00 bits per heavy atom. The molecule has 0 aliphatic rings. The second-order valence-electron chi connectivity index (χ2n) is 3.66. The number of unbranched alkanes of at least 4 members (excludes halogenated alkanes) is 1. The lowest BCUT2D eigenvalue weighted by Crippen LogP contribution is -2.46. The Hall–Kier alpha value is -0.850. The molecule has 17 heavy (non-hydrogen) atoms. The van der Waals surface area contributed by atoms with E-state index < -0.39 is 30.9 Å². The van der Waals surface area contributed by atoms with Crippen molar-refractivity contribution in [3.63, 3.8) is 0 Å². The molecule has 0 saturated heterocycles. The van der Waals surface area contributed by atoms with Gasteiger partial charge in [0.2, 0.25) is 0 Å². The normalized spacial score (nSPS) is 13.8. The van der Waals surface area contributed by atoms with Crippen molar-refractivity contribution >= 4 is 5.97 Å². The summed E-state index contributed by atoms with van der Waals surface area (Å²) in [5.74, 6) is -4.86. The van der Waals surface area contributed by atoms with Gasteiger partial charge in [0.1, 0.15) is 6.04 Å². The number of nitrogens with one attached hydrogen (secondary N) is 1. The van der Waals surface area contributed by atoms with E-state index in [0.29, 0.717) is 6.42 Å². The molecule has 0 aromatic carbocycles. The first kappa shape index (κ1) is 16.1. The molecule has 0 aromatic rings. The fourth-order valence-electron chi connectivity index (χ4n) is 1.19. The van der Waals surface area contributed by atoms with E-state index in [1.165, 1.54) is 0 Å². The van der Waals surface area contributed by atoms with Crippen LogP contribution in [-0.4, -0.2) is 38.0 Å². The van der Waals surface area contributed by atoms with Crippen LogP contribution in [0.1, 0.15) is 26.2 Å². The zero-order valence-corrected chi connectivity index (χ0v) is 9.81. The number of ether oxygens (including phenoxy) is 1. The molecule has 7 heteroatoms. The summed E-state index contributed by atoms with van der Waals surface area (Å²) in [6.45, 7) is 0.621. The van der Waals surface area contributed by atoms with Crippen LogP contribution in [-0.2, 0) is 9.53 Å². The van der Waals surface area contributed by atoms with Crippen molar-refractivity contribution in [2.45, 2.75) is 44.6 Å². The highest BCUT2D eigenvalue weighted by atomic mass is 19.3. The van der Waals surface area contributed by atoms with Gasteiger partial charge < -0.3 is 4.74 Å². The summed E-state index contributed by atoms with van der Waals surface area (Å²) in [5.41, 5.74) is 0. The minimum absolute atomic E-state index is 0.280. The lowest BCUT2D eigenvalue weighted by Gasteiger charge is -2.20. The van der Waals surface area contributed by atoms with E-state index in [1.807, 2.05) is 6.92 Å². The molecule has 102 valence electrons. The molecule has 0 saturated carbocycles. The second-order valence-corrected chi connectivity index (χ2v) is 3.66. The Bertz CT molecular complexity index is 236. The largest absolute Gasteiger partial charge is 0.468 e. The number of alkyl halides is 4. The van der Waals surface area contributed by atoms with Gasteiger partial charge >= 0.3 is 18.3 Å².